The molecule has 0 aromatic heterocycles. The Morgan fingerprint density at radius 3 is 2.83 bits per heavy atom. The fourth-order valence-corrected chi connectivity index (χ4v) is 1.04. The maximum absolute atomic E-state index is 11.3. The van der Waals surface area contributed by atoms with E-state index in [1.54, 1.807) is 25.2 Å². The van der Waals surface area contributed by atoms with E-state index < -0.39 is 11.9 Å². The molecule has 0 saturated heterocycles. The molecular weight excluding hydrogens is 156 g/mol. The summed E-state index contributed by atoms with van der Waals surface area (Å²) in [5, 5.41) is 0. The van der Waals surface area contributed by atoms with Gasteiger partial charge in [-0.25, -0.2) is 0 Å². The Morgan fingerprint density at radius 1 is 1.58 bits per heavy atom. The van der Waals surface area contributed by atoms with Crippen molar-refractivity contribution in [2.24, 2.45) is 5.92 Å². The highest BCUT2D eigenvalue weighted by atomic mass is 16.5. The number of ketones is 1. The zero-order valence-corrected chi connectivity index (χ0v) is 7.03. The van der Waals surface area contributed by atoms with Crippen LogP contribution in [0.25, 0.3) is 0 Å². The van der Waals surface area contributed by atoms with Crippen LogP contribution in [0.5, 0.6) is 0 Å². The third-order valence-corrected chi connectivity index (χ3v) is 1.78. The highest BCUT2D eigenvalue weighted by Crippen LogP contribution is 2.14. The molecule has 0 aromatic carbocycles. The van der Waals surface area contributed by atoms with Crippen LogP contribution in [-0.4, -0.2) is 18.9 Å². The van der Waals surface area contributed by atoms with Gasteiger partial charge in [0.1, 0.15) is 5.92 Å². The van der Waals surface area contributed by atoms with Gasteiger partial charge in [0.25, 0.3) is 0 Å². The normalized spacial score (nSPS) is 22.0. The summed E-state index contributed by atoms with van der Waals surface area (Å²) < 4.78 is 4.47. The Balaban J connectivity index is 2.84. The van der Waals surface area contributed by atoms with Crippen molar-refractivity contribution >= 4 is 11.8 Å². The van der Waals surface area contributed by atoms with Gasteiger partial charge in [0, 0.05) is 0 Å². The maximum Gasteiger partial charge on any atom is 0.320 e. The molecule has 0 bridgehead atoms. The zero-order chi connectivity index (χ0) is 9.14. The molecule has 3 nitrogen and oxygen atoms in total. The molecule has 0 saturated carbocycles. The summed E-state index contributed by atoms with van der Waals surface area (Å²) in [6, 6.07) is 0. The average Bonchev–Trinajstić information content (AvgIpc) is 2.08. The van der Waals surface area contributed by atoms with E-state index in [9.17, 15) is 9.59 Å². The summed E-state index contributed by atoms with van der Waals surface area (Å²) in [5.41, 5.74) is 0.591. The fraction of sp³-hybridized carbons (Fsp3) is 0.333. The molecule has 3 heteroatoms. The third-order valence-electron chi connectivity index (χ3n) is 1.78. The van der Waals surface area contributed by atoms with Crippen molar-refractivity contribution in [2.45, 2.75) is 6.92 Å². The lowest BCUT2D eigenvalue weighted by Crippen LogP contribution is -2.25. The molecule has 12 heavy (non-hydrogen) atoms. The van der Waals surface area contributed by atoms with Gasteiger partial charge in [-0.3, -0.25) is 9.59 Å². The third kappa shape index (κ3) is 1.44. The first-order chi connectivity index (χ1) is 5.66. The van der Waals surface area contributed by atoms with Gasteiger partial charge in [-0.05, 0) is 12.5 Å². The lowest BCUT2D eigenvalue weighted by molar-refractivity contribution is -0.146. The Kier molecular flexibility index (Phi) is 2.43. The summed E-state index contributed by atoms with van der Waals surface area (Å²) in [4.78, 5) is 22.3. The maximum atomic E-state index is 11.3. The van der Waals surface area contributed by atoms with Crippen molar-refractivity contribution in [2.75, 3.05) is 7.11 Å². The number of allylic oxidation sites excluding steroid dienone is 3. The van der Waals surface area contributed by atoms with E-state index in [-0.39, 0.29) is 5.78 Å². The second-order valence-corrected chi connectivity index (χ2v) is 2.60. The first kappa shape index (κ1) is 8.71. The number of esters is 1. The Hall–Kier alpha value is -1.38. The monoisotopic (exact) mass is 166 g/mol. The highest BCUT2D eigenvalue weighted by Gasteiger charge is 2.26. The van der Waals surface area contributed by atoms with E-state index in [0.717, 1.165) is 0 Å². The van der Waals surface area contributed by atoms with Crippen LogP contribution >= 0.6 is 0 Å². The topological polar surface area (TPSA) is 43.4 Å². The molecule has 0 spiro atoms. The predicted octanol–water partition coefficient (Wildman–Crippen LogP) is 0.861. The first-order valence-electron chi connectivity index (χ1n) is 3.64. The molecule has 1 unspecified atom stereocenters. The van der Waals surface area contributed by atoms with E-state index >= 15 is 0 Å². The number of Topliss-reactive ketones (excluding diaryl/α,β-unsaturated/α-hetero) is 1. The van der Waals surface area contributed by atoms with Gasteiger partial charge < -0.3 is 4.74 Å². The molecule has 1 aliphatic carbocycles. The number of hydrogen-bond acceptors (Lipinski definition) is 3. The molecule has 0 N–H and O–H groups in total. The minimum Gasteiger partial charge on any atom is -0.468 e. The van der Waals surface area contributed by atoms with E-state index in [4.69, 9.17) is 0 Å². The van der Waals surface area contributed by atoms with Crippen molar-refractivity contribution in [3.05, 3.63) is 23.8 Å². The molecule has 0 aliphatic heterocycles. The van der Waals surface area contributed by atoms with Gasteiger partial charge in [0.05, 0.1) is 7.11 Å². The number of carbonyl (C=O) groups is 2. The van der Waals surface area contributed by atoms with E-state index in [1.165, 1.54) is 7.11 Å². The molecule has 0 amide bonds. The minimum absolute atomic E-state index is 0.177. The van der Waals surface area contributed by atoms with Crippen LogP contribution in [0.4, 0.5) is 0 Å². The van der Waals surface area contributed by atoms with Gasteiger partial charge in [-0.15, -0.1) is 0 Å². The van der Waals surface area contributed by atoms with Crippen LogP contribution < -0.4 is 0 Å². The molecule has 1 aliphatic rings. The lowest BCUT2D eigenvalue weighted by Gasteiger charge is -2.11. The van der Waals surface area contributed by atoms with Crippen LogP contribution in [-0.2, 0) is 14.3 Å². The molecule has 0 radical (unpaired) electrons. The molecule has 0 fully saturated rings. The Labute approximate surface area is 70.7 Å². The lowest BCUT2D eigenvalue weighted by atomic mass is 9.94. The largest absolute Gasteiger partial charge is 0.468 e. The standard InChI is InChI=1S/C9H10O3/c1-6-4-3-5-7(8(6)10)9(11)12-2/h3-5,7H,1-2H3. The van der Waals surface area contributed by atoms with Gasteiger partial charge >= 0.3 is 5.97 Å². The fourth-order valence-electron chi connectivity index (χ4n) is 1.04. The van der Waals surface area contributed by atoms with Crippen LogP contribution in [0.1, 0.15) is 6.92 Å². The molecule has 1 rings (SSSR count). The van der Waals surface area contributed by atoms with Crippen LogP contribution in [0, 0.1) is 5.92 Å². The molecule has 64 valence electrons. The number of methoxy groups -OCH3 is 1. The van der Waals surface area contributed by atoms with Gasteiger partial charge in [0.15, 0.2) is 5.78 Å². The quantitative estimate of drug-likeness (QED) is 0.428. The Bertz CT molecular complexity index is 273. The van der Waals surface area contributed by atoms with Crippen molar-refractivity contribution in [1.82, 2.24) is 0 Å². The summed E-state index contributed by atoms with van der Waals surface area (Å²) >= 11 is 0. The molecule has 1 atom stereocenters. The number of carbonyl (C=O) groups excluding carboxylic acids is 2. The van der Waals surface area contributed by atoms with Crippen molar-refractivity contribution < 1.29 is 14.3 Å². The molecule has 0 heterocycles. The van der Waals surface area contributed by atoms with E-state index in [2.05, 4.69) is 4.74 Å². The van der Waals surface area contributed by atoms with Crippen LogP contribution in [0.15, 0.2) is 23.8 Å². The second-order valence-electron chi connectivity index (χ2n) is 2.60. The van der Waals surface area contributed by atoms with Gasteiger partial charge in [0.2, 0.25) is 0 Å². The minimum atomic E-state index is -0.736. The van der Waals surface area contributed by atoms with Gasteiger partial charge in [-0.2, -0.15) is 0 Å². The van der Waals surface area contributed by atoms with Gasteiger partial charge in [-0.1, -0.05) is 18.2 Å². The summed E-state index contributed by atoms with van der Waals surface area (Å²) in [7, 11) is 1.27. The number of hydrogen-bond donors (Lipinski definition) is 0. The summed E-state index contributed by atoms with van der Waals surface area (Å²) in [5.74, 6) is -1.41. The van der Waals surface area contributed by atoms with Crippen molar-refractivity contribution in [3.63, 3.8) is 0 Å². The zero-order valence-electron chi connectivity index (χ0n) is 7.03. The SMILES string of the molecule is COC(=O)C1C=CC=C(C)C1=O. The first-order valence-corrected chi connectivity index (χ1v) is 3.64. The smallest absolute Gasteiger partial charge is 0.320 e. The average molecular weight is 166 g/mol. The van der Waals surface area contributed by atoms with Crippen molar-refractivity contribution in [1.29, 1.82) is 0 Å². The molecular formula is C9H10O3. The molecule has 0 aromatic rings. The van der Waals surface area contributed by atoms with E-state index in [1.807, 2.05) is 0 Å². The summed E-state index contributed by atoms with van der Waals surface area (Å²) in [6.07, 6.45) is 4.92. The highest BCUT2D eigenvalue weighted by molar-refractivity contribution is 6.10. The number of rotatable bonds is 1. The summed E-state index contributed by atoms with van der Waals surface area (Å²) in [6.45, 7) is 1.68. The second kappa shape index (κ2) is 3.34. The van der Waals surface area contributed by atoms with E-state index in [0.29, 0.717) is 5.57 Å². The van der Waals surface area contributed by atoms with Crippen LogP contribution in [0.3, 0.4) is 0 Å². The van der Waals surface area contributed by atoms with Crippen molar-refractivity contribution in [3.8, 4) is 0 Å². The Morgan fingerprint density at radius 2 is 2.25 bits per heavy atom. The van der Waals surface area contributed by atoms with Crippen LogP contribution in [0.2, 0.25) is 0 Å². The predicted molar refractivity (Wildman–Crippen MR) is 43.4 cm³/mol. The number of ether oxygens (including phenoxy) is 1.